The zero-order valence-electron chi connectivity index (χ0n) is 8.93. The quantitative estimate of drug-likeness (QED) is 0.586. The minimum atomic E-state index is -4.02. The van der Waals surface area contributed by atoms with Crippen LogP contribution in [0.1, 0.15) is 32.1 Å². The molecule has 0 spiro atoms. The molecule has 0 aromatic heterocycles. The SMILES string of the molecule is OC1CCCCCC1NCC(F)(F)C(F)F. The Labute approximate surface area is 92.0 Å². The first-order chi connectivity index (χ1) is 7.43. The van der Waals surface area contributed by atoms with E-state index in [1.807, 2.05) is 0 Å². The molecule has 0 aliphatic heterocycles. The highest BCUT2D eigenvalue weighted by Gasteiger charge is 2.41. The lowest BCUT2D eigenvalue weighted by molar-refractivity contribution is -0.127. The lowest BCUT2D eigenvalue weighted by atomic mass is 10.1. The molecular weight excluding hydrogens is 226 g/mol. The molecule has 96 valence electrons. The molecule has 0 aromatic carbocycles. The Morgan fingerprint density at radius 1 is 1.19 bits per heavy atom. The van der Waals surface area contributed by atoms with Gasteiger partial charge in [-0.05, 0) is 12.8 Å². The Kier molecular flexibility index (Phi) is 4.98. The van der Waals surface area contributed by atoms with Gasteiger partial charge in [-0.15, -0.1) is 0 Å². The summed E-state index contributed by atoms with van der Waals surface area (Å²) in [5.74, 6) is -4.02. The molecule has 0 saturated heterocycles. The Bertz CT molecular complexity index is 213. The van der Waals surface area contributed by atoms with E-state index in [-0.39, 0.29) is 0 Å². The number of aliphatic hydroxyl groups is 1. The maximum Gasteiger partial charge on any atom is 0.319 e. The van der Waals surface area contributed by atoms with Crippen LogP contribution in [0.5, 0.6) is 0 Å². The van der Waals surface area contributed by atoms with Crippen LogP contribution in [0.25, 0.3) is 0 Å². The second-order valence-electron chi connectivity index (χ2n) is 4.25. The summed E-state index contributed by atoms with van der Waals surface area (Å²) in [7, 11) is 0. The van der Waals surface area contributed by atoms with Crippen molar-refractivity contribution in [2.45, 2.75) is 56.6 Å². The van der Waals surface area contributed by atoms with Crippen LogP contribution in [0.4, 0.5) is 17.6 Å². The van der Waals surface area contributed by atoms with Crippen LogP contribution in [-0.2, 0) is 0 Å². The van der Waals surface area contributed by atoms with E-state index < -0.39 is 31.0 Å². The molecule has 0 bridgehead atoms. The maximum atomic E-state index is 12.6. The van der Waals surface area contributed by atoms with E-state index in [4.69, 9.17) is 0 Å². The molecule has 1 aliphatic carbocycles. The van der Waals surface area contributed by atoms with Crippen LogP contribution in [0.3, 0.4) is 0 Å². The van der Waals surface area contributed by atoms with Crippen LogP contribution < -0.4 is 5.32 Å². The number of alkyl halides is 4. The summed E-state index contributed by atoms with van der Waals surface area (Å²) in [6.07, 6.45) is -0.655. The normalized spacial score (nSPS) is 28.1. The fourth-order valence-electron chi connectivity index (χ4n) is 1.87. The van der Waals surface area contributed by atoms with Crippen molar-refractivity contribution in [2.24, 2.45) is 0 Å². The number of rotatable bonds is 4. The highest BCUT2D eigenvalue weighted by Crippen LogP contribution is 2.23. The number of hydrogen-bond donors (Lipinski definition) is 2. The van der Waals surface area contributed by atoms with Crippen molar-refractivity contribution in [3.8, 4) is 0 Å². The van der Waals surface area contributed by atoms with Crippen LogP contribution >= 0.6 is 0 Å². The van der Waals surface area contributed by atoms with Gasteiger partial charge in [0.15, 0.2) is 0 Å². The molecule has 1 fully saturated rings. The molecule has 2 atom stereocenters. The lowest BCUT2D eigenvalue weighted by Crippen LogP contribution is -2.47. The van der Waals surface area contributed by atoms with Gasteiger partial charge in [0, 0.05) is 6.04 Å². The molecule has 0 amide bonds. The first-order valence-electron chi connectivity index (χ1n) is 5.51. The fraction of sp³-hybridized carbons (Fsp3) is 1.00. The van der Waals surface area contributed by atoms with E-state index in [2.05, 4.69) is 5.32 Å². The van der Waals surface area contributed by atoms with E-state index >= 15 is 0 Å². The smallest absolute Gasteiger partial charge is 0.319 e. The zero-order chi connectivity index (χ0) is 12.2. The van der Waals surface area contributed by atoms with E-state index in [1.165, 1.54) is 0 Å². The molecule has 6 heteroatoms. The second kappa shape index (κ2) is 5.82. The third kappa shape index (κ3) is 3.90. The number of halogens is 4. The van der Waals surface area contributed by atoms with Crippen molar-refractivity contribution in [2.75, 3.05) is 6.54 Å². The third-order valence-electron chi connectivity index (χ3n) is 2.90. The molecule has 0 heterocycles. The van der Waals surface area contributed by atoms with Crippen LogP contribution in [0.15, 0.2) is 0 Å². The predicted molar refractivity (Wildman–Crippen MR) is 51.8 cm³/mol. The van der Waals surface area contributed by atoms with Gasteiger partial charge in [-0.1, -0.05) is 19.3 Å². The predicted octanol–water partition coefficient (Wildman–Crippen LogP) is 2.17. The fourth-order valence-corrected chi connectivity index (χ4v) is 1.87. The first kappa shape index (κ1) is 13.7. The van der Waals surface area contributed by atoms with Crippen molar-refractivity contribution in [3.63, 3.8) is 0 Å². The van der Waals surface area contributed by atoms with Crippen molar-refractivity contribution >= 4 is 0 Å². The molecule has 1 aliphatic rings. The minimum absolute atomic E-state index is 0.493. The Morgan fingerprint density at radius 2 is 1.81 bits per heavy atom. The summed E-state index contributed by atoms with van der Waals surface area (Å²) in [5, 5.41) is 11.9. The van der Waals surface area contributed by atoms with Gasteiger partial charge in [-0.3, -0.25) is 0 Å². The number of hydrogen-bond acceptors (Lipinski definition) is 2. The van der Waals surface area contributed by atoms with Crippen LogP contribution in [0.2, 0.25) is 0 Å². The van der Waals surface area contributed by atoms with Gasteiger partial charge in [0.05, 0.1) is 12.6 Å². The van der Waals surface area contributed by atoms with Crippen molar-refractivity contribution < 1.29 is 22.7 Å². The molecule has 2 nitrogen and oxygen atoms in total. The van der Waals surface area contributed by atoms with E-state index in [0.29, 0.717) is 12.8 Å². The van der Waals surface area contributed by atoms with Crippen molar-refractivity contribution in [3.05, 3.63) is 0 Å². The van der Waals surface area contributed by atoms with E-state index in [1.54, 1.807) is 0 Å². The third-order valence-corrected chi connectivity index (χ3v) is 2.90. The molecule has 2 N–H and O–H groups in total. The maximum absolute atomic E-state index is 12.6. The summed E-state index contributed by atoms with van der Waals surface area (Å²) < 4.78 is 49.1. The summed E-state index contributed by atoms with van der Waals surface area (Å²) in [6, 6.07) is -0.493. The summed E-state index contributed by atoms with van der Waals surface area (Å²) in [4.78, 5) is 0. The monoisotopic (exact) mass is 243 g/mol. The van der Waals surface area contributed by atoms with Gasteiger partial charge in [0.2, 0.25) is 0 Å². The number of aliphatic hydroxyl groups excluding tert-OH is 1. The average Bonchev–Trinajstić information content (AvgIpc) is 2.40. The minimum Gasteiger partial charge on any atom is -0.392 e. The molecule has 1 rings (SSSR count). The summed E-state index contributed by atoms with van der Waals surface area (Å²) in [5.41, 5.74) is 0. The average molecular weight is 243 g/mol. The Morgan fingerprint density at radius 3 is 2.44 bits per heavy atom. The standard InChI is InChI=1S/C10H17F4NO/c11-9(12)10(13,14)6-15-7-4-2-1-3-5-8(7)16/h7-9,15-16H,1-6H2. The highest BCUT2D eigenvalue weighted by molar-refractivity contribution is 4.82. The van der Waals surface area contributed by atoms with Crippen molar-refractivity contribution in [1.29, 1.82) is 0 Å². The molecule has 0 aromatic rings. The van der Waals surface area contributed by atoms with Gasteiger partial charge < -0.3 is 10.4 Å². The van der Waals surface area contributed by atoms with Gasteiger partial charge in [0.25, 0.3) is 0 Å². The largest absolute Gasteiger partial charge is 0.392 e. The first-order valence-corrected chi connectivity index (χ1v) is 5.51. The van der Waals surface area contributed by atoms with E-state index in [9.17, 15) is 22.7 Å². The van der Waals surface area contributed by atoms with Crippen LogP contribution in [-0.4, -0.2) is 36.1 Å². The molecule has 1 saturated carbocycles. The molecule has 16 heavy (non-hydrogen) atoms. The highest BCUT2D eigenvalue weighted by atomic mass is 19.3. The molecule has 0 radical (unpaired) electrons. The lowest BCUT2D eigenvalue weighted by Gasteiger charge is -2.24. The zero-order valence-corrected chi connectivity index (χ0v) is 8.93. The Hall–Kier alpha value is -0.360. The summed E-state index contributed by atoms with van der Waals surface area (Å²) >= 11 is 0. The van der Waals surface area contributed by atoms with Gasteiger partial charge in [-0.2, -0.15) is 8.78 Å². The van der Waals surface area contributed by atoms with Crippen molar-refractivity contribution in [1.82, 2.24) is 5.32 Å². The van der Waals surface area contributed by atoms with Gasteiger partial charge in [-0.25, -0.2) is 8.78 Å². The van der Waals surface area contributed by atoms with E-state index in [0.717, 1.165) is 19.3 Å². The second-order valence-corrected chi connectivity index (χ2v) is 4.25. The number of nitrogens with one attached hydrogen (secondary N) is 1. The van der Waals surface area contributed by atoms with Crippen LogP contribution in [0, 0.1) is 0 Å². The molecule has 2 unspecified atom stereocenters. The van der Waals surface area contributed by atoms with Gasteiger partial charge >= 0.3 is 12.3 Å². The Balaban J connectivity index is 2.40. The molecular formula is C10H17F4NO. The summed E-state index contributed by atoms with van der Waals surface area (Å²) in [6.45, 7) is -1.08. The topological polar surface area (TPSA) is 32.3 Å². The van der Waals surface area contributed by atoms with Gasteiger partial charge in [0.1, 0.15) is 0 Å².